The van der Waals surface area contributed by atoms with Crippen molar-refractivity contribution in [1.29, 1.82) is 0 Å². The van der Waals surface area contributed by atoms with Gasteiger partial charge in [0.1, 0.15) is 6.04 Å². The average molecular weight is 410 g/mol. The molecule has 6 nitrogen and oxygen atoms in total. The Hall–Kier alpha value is -2.84. The lowest BCUT2D eigenvalue weighted by atomic mass is 9.98. The second-order valence-corrected chi connectivity index (χ2v) is 7.12. The second-order valence-electron chi connectivity index (χ2n) is 7.12. The summed E-state index contributed by atoms with van der Waals surface area (Å²) < 4.78 is 40.4. The van der Waals surface area contributed by atoms with E-state index >= 15 is 0 Å². The summed E-state index contributed by atoms with van der Waals surface area (Å²) in [6.07, 6.45) is -3.86. The molecular weight excluding hydrogens is 385 g/mol. The van der Waals surface area contributed by atoms with Crippen LogP contribution >= 0.6 is 0 Å². The Morgan fingerprint density at radius 3 is 2.48 bits per heavy atom. The topological polar surface area (TPSA) is 90.0 Å². The van der Waals surface area contributed by atoms with E-state index in [-0.39, 0.29) is 18.0 Å². The summed E-state index contributed by atoms with van der Waals surface area (Å²) in [5.41, 5.74) is 6.52. The minimum atomic E-state index is -4.46. The van der Waals surface area contributed by atoms with Crippen LogP contribution in [0.5, 0.6) is 0 Å². The van der Waals surface area contributed by atoms with E-state index in [0.717, 1.165) is 12.1 Å². The number of amides is 2. The first-order chi connectivity index (χ1) is 13.5. The molecule has 0 radical (unpaired) electrons. The van der Waals surface area contributed by atoms with Crippen molar-refractivity contribution in [2.75, 3.05) is 0 Å². The lowest BCUT2D eigenvalue weighted by Crippen LogP contribution is -2.48. The van der Waals surface area contributed by atoms with Crippen LogP contribution in [0.1, 0.15) is 42.8 Å². The molecule has 3 N–H and O–H groups in total. The monoisotopic (exact) mass is 410 g/mol. The zero-order chi connectivity index (χ0) is 21.9. The third-order valence-corrected chi connectivity index (χ3v) is 5.03. The van der Waals surface area contributed by atoms with Gasteiger partial charge in [-0.1, -0.05) is 26.3 Å². The minimum Gasteiger partial charge on any atom is -0.368 e. The highest BCUT2D eigenvalue weighted by Gasteiger charge is 2.31. The van der Waals surface area contributed by atoms with Gasteiger partial charge in [0.05, 0.1) is 23.4 Å². The molecule has 0 aliphatic heterocycles. The van der Waals surface area contributed by atoms with Crippen molar-refractivity contribution in [2.24, 2.45) is 11.7 Å². The molecule has 0 saturated heterocycles. The Morgan fingerprint density at radius 1 is 1.28 bits per heavy atom. The van der Waals surface area contributed by atoms with Crippen LogP contribution < -0.4 is 11.1 Å². The van der Waals surface area contributed by atoms with Gasteiger partial charge < -0.3 is 11.1 Å². The number of nitrogens with zero attached hydrogens (tertiary/aromatic N) is 2. The summed E-state index contributed by atoms with van der Waals surface area (Å²) in [6.45, 7) is 7.07. The molecule has 0 bridgehead atoms. The van der Waals surface area contributed by atoms with Crippen molar-refractivity contribution < 1.29 is 22.8 Å². The van der Waals surface area contributed by atoms with E-state index in [9.17, 15) is 22.8 Å². The molecule has 2 rings (SSSR count). The third-order valence-electron chi connectivity index (χ3n) is 5.03. The largest absolute Gasteiger partial charge is 0.416 e. The van der Waals surface area contributed by atoms with E-state index in [1.54, 1.807) is 13.8 Å². The number of alkyl halides is 3. The first-order valence-corrected chi connectivity index (χ1v) is 9.27. The molecule has 2 aromatic rings. The van der Waals surface area contributed by atoms with Crippen LogP contribution in [0.3, 0.4) is 0 Å². The zero-order valence-corrected chi connectivity index (χ0v) is 16.8. The van der Waals surface area contributed by atoms with E-state index < -0.39 is 29.6 Å². The highest BCUT2D eigenvalue weighted by molar-refractivity contribution is 5.87. The number of halogens is 3. The van der Waals surface area contributed by atoms with E-state index in [0.29, 0.717) is 23.4 Å². The van der Waals surface area contributed by atoms with Crippen molar-refractivity contribution in [3.8, 4) is 5.69 Å². The van der Waals surface area contributed by atoms with Crippen LogP contribution in [-0.2, 0) is 22.2 Å². The molecule has 0 saturated carbocycles. The summed E-state index contributed by atoms with van der Waals surface area (Å²) in [6, 6.07) is 4.04. The van der Waals surface area contributed by atoms with E-state index in [2.05, 4.69) is 10.4 Å². The first kappa shape index (κ1) is 22.4. The maximum absolute atomic E-state index is 13.0. The van der Waals surface area contributed by atoms with Gasteiger partial charge in [0, 0.05) is 11.3 Å². The van der Waals surface area contributed by atoms with E-state index in [4.69, 9.17) is 5.73 Å². The SMILES string of the molecule is CCC(C)C(NC(=O)Cc1c(C)nn(-c2cccc(C(F)(F)F)c2)c1C)C(N)=O. The molecule has 1 aromatic heterocycles. The highest BCUT2D eigenvalue weighted by Crippen LogP contribution is 2.31. The Balaban J connectivity index is 2.28. The van der Waals surface area contributed by atoms with Gasteiger partial charge in [-0.2, -0.15) is 18.3 Å². The lowest BCUT2D eigenvalue weighted by Gasteiger charge is -2.21. The quantitative estimate of drug-likeness (QED) is 0.735. The van der Waals surface area contributed by atoms with Gasteiger partial charge >= 0.3 is 6.18 Å². The molecule has 2 unspecified atom stereocenters. The molecule has 0 fully saturated rings. The molecule has 0 aliphatic carbocycles. The van der Waals surface area contributed by atoms with E-state index in [1.165, 1.54) is 16.8 Å². The molecule has 158 valence electrons. The number of nitrogens with two attached hydrogens (primary N) is 1. The second kappa shape index (κ2) is 8.67. The van der Waals surface area contributed by atoms with Crippen molar-refractivity contribution in [3.05, 3.63) is 46.8 Å². The van der Waals surface area contributed by atoms with Gasteiger partial charge in [0.15, 0.2) is 0 Å². The Labute approximate surface area is 167 Å². The predicted molar refractivity (Wildman–Crippen MR) is 102 cm³/mol. The number of carbonyl (C=O) groups is 2. The van der Waals surface area contributed by atoms with E-state index in [1.807, 2.05) is 13.8 Å². The maximum Gasteiger partial charge on any atom is 0.416 e. The summed E-state index contributed by atoms with van der Waals surface area (Å²) in [4.78, 5) is 24.1. The van der Waals surface area contributed by atoms with Crippen LogP contribution in [0.25, 0.3) is 5.69 Å². The van der Waals surface area contributed by atoms with Crippen molar-refractivity contribution in [2.45, 2.75) is 52.8 Å². The summed E-state index contributed by atoms with van der Waals surface area (Å²) in [5, 5.41) is 6.95. The Morgan fingerprint density at radius 2 is 1.93 bits per heavy atom. The van der Waals surface area contributed by atoms with Crippen LogP contribution in [0.4, 0.5) is 13.2 Å². The molecule has 2 atom stereocenters. The van der Waals surface area contributed by atoms with Crippen molar-refractivity contribution >= 4 is 11.8 Å². The lowest BCUT2D eigenvalue weighted by molar-refractivity contribution is -0.137. The fraction of sp³-hybridized carbons (Fsp3) is 0.450. The Bertz CT molecular complexity index is 906. The van der Waals surface area contributed by atoms with Gasteiger partial charge in [-0.25, -0.2) is 4.68 Å². The molecule has 9 heteroatoms. The van der Waals surface area contributed by atoms with Gasteiger partial charge in [-0.05, 0) is 38.0 Å². The molecule has 0 aliphatic rings. The highest BCUT2D eigenvalue weighted by atomic mass is 19.4. The number of primary amides is 1. The molecule has 29 heavy (non-hydrogen) atoms. The molecule has 0 spiro atoms. The zero-order valence-electron chi connectivity index (χ0n) is 16.8. The smallest absolute Gasteiger partial charge is 0.368 e. The summed E-state index contributed by atoms with van der Waals surface area (Å²) in [7, 11) is 0. The average Bonchev–Trinajstić information content (AvgIpc) is 2.93. The van der Waals surface area contributed by atoms with Gasteiger partial charge in [0.25, 0.3) is 0 Å². The summed E-state index contributed by atoms with van der Waals surface area (Å²) in [5.74, 6) is -1.13. The van der Waals surface area contributed by atoms with Crippen LogP contribution in [0, 0.1) is 19.8 Å². The third kappa shape index (κ3) is 5.16. The Kier molecular flexibility index (Phi) is 6.71. The predicted octanol–water partition coefficient (Wildman–Crippen LogP) is 3.07. The molecular formula is C20H25F3N4O2. The van der Waals surface area contributed by atoms with Gasteiger partial charge in [-0.15, -0.1) is 0 Å². The van der Waals surface area contributed by atoms with Gasteiger partial charge in [-0.3, -0.25) is 9.59 Å². The van der Waals surface area contributed by atoms with Crippen molar-refractivity contribution in [3.63, 3.8) is 0 Å². The number of hydrogen-bond donors (Lipinski definition) is 2. The first-order valence-electron chi connectivity index (χ1n) is 9.27. The number of aryl methyl sites for hydroxylation is 1. The van der Waals surface area contributed by atoms with Crippen molar-refractivity contribution in [1.82, 2.24) is 15.1 Å². The standard InChI is InChI=1S/C20H25F3N4O2/c1-5-11(2)18(19(24)29)25-17(28)10-16-12(3)26-27(13(16)4)15-8-6-7-14(9-15)20(21,22)23/h6-9,11,18H,5,10H2,1-4H3,(H2,24,29)(H,25,28). The number of nitrogens with one attached hydrogen (secondary N) is 1. The number of rotatable bonds is 7. The molecule has 1 aromatic carbocycles. The number of benzene rings is 1. The fourth-order valence-corrected chi connectivity index (χ4v) is 3.11. The molecule has 2 amide bonds. The number of aromatic nitrogens is 2. The normalized spacial score (nSPS) is 13.8. The summed E-state index contributed by atoms with van der Waals surface area (Å²) >= 11 is 0. The minimum absolute atomic E-state index is 0.0587. The maximum atomic E-state index is 13.0. The molecule has 1 heterocycles. The number of hydrogen-bond acceptors (Lipinski definition) is 3. The number of carbonyl (C=O) groups excluding carboxylic acids is 2. The van der Waals surface area contributed by atoms with Crippen LogP contribution in [-0.4, -0.2) is 27.6 Å². The fourth-order valence-electron chi connectivity index (χ4n) is 3.11. The van der Waals surface area contributed by atoms with Crippen LogP contribution in [0.15, 0.2) is 24.3 Å². The van der Waals surface area contributed by atoms with Gasteiger partial charge in [0.2, 0.25) is 11.8 Å². The van der Waals surface area contributed by atoms with Crippen LogP contribution in [0.2, 0.25) is 0 Å².